The summed E-state index contributed by atoms with van der Waals surface area (Å²) in [6.07, 6.45) is 0.565. The van der Waals surface area contributed by atoms with Gasteiger partial charge in [-0.2, -0.15) is 0 Å². The second-order valence-corrected chi connectivity index (χ2v) is 4.82. The Balaban J connectivity index is 1.68. The lowest BCUT2D eigenvalue weighted by molar-refractivity contribution is 0.106. The number of hydrogen-bond donors (Lipinski definition) is 1. The second kappa shape index (κ2) is 8.17. The summed E-state index contributed by atoms with van der Waals surface area (Å²) in [5, 5.41) is 4.49. The zero-order valence-electron chi connectivity index (χ0n) is 11.5. The molecular formula is C16H17ClN2O2. The summed E-state index contributed by atoms with van der Waals surface area (Å²) >= 11 is 5.85. The molecule has 0 atom stereocenters. The first kappa shape index (κ1) is 15.2. The molecule has 0 aromatic heterocycles. The van der Waals surface area contributed by atoms with Gasteiger partial charge in [0.1, 0.15) is 18.2 Å². The second-order valence-electron chi connectivity index (χ2n) is 4.38. The van der Waals surface area contributed by atoms with Gasteiger partial charge >= 0.3 is 0 Å². The van der Waals surface area contributed by atoms with E-state index in [1.54, 1.807) is 12.1 Å². The fraction of sp³-hybridized carbons (Fsp3) is 0.188. The standard InChI is InChI=1S/C16H17ClN2O2/c17-14-7-4-8-15(12-14)20-9-10-21-19-16(18)11-13-5-2-1-3-6-13/h1-8,12H,9-11H2,(H2,18,19). The van der Waals surface area contributed by atoms with E-state index in [0.29, 0.717) is 36.2 Å². The molecule has 0 aliphatic rings. The molecule has 2 N–H and O–H groups in total. The maximum absolute atomic E-state index is 5.85. The van der Waals surface area contributed by atoms with Gasteiger partial charge < -0.3 is 15.3 Å². The predicted octanol–water partition coefficient (Wildman–Crippen LogP) is 3.25. The smallest absolute Gasteiger partial charge is 0.151 e. The first-order chi connectivity index (χ1) is 10.2. The molecule has 0 saturated heterocycles. The molecule has 2 aromatic rings. The van der Waals surface area contributed by atoms with Crippen LogP contribution in [0.4, 0.5) is 0 Å². The third kappa shape index (κ3) is 5.75. The molecule has 110 valence electrons. The molecule has 0 unspecified atom stereocenters. The number of oxime groups is 1. The van der Waals surface area contributed by atoms with Crippen LogP contribution in [-0.4, -0.2) is 19.0 Å². The Morgan fingerprint density at radius 3 is 2.62 bits per heavy atom. The van der Waals surface area contributed by atoms with Crippen LogP contribution in [0.2, 0.25) is 5.02 Å². The van der Waals surface area contributed by atoms with Crippen LogP contribution in [0, 0.1) is 0 Å². The van der Waals surface area contributed by atoms with Gasteiger partial charge in [0, 0.05) is 11.4 Å². The Morgan fingerprint density at radius 1 is 1.05 bits per heavy atom. The number of amidine groups is 1. The molecule has 0 bridgehead atoms. The maximum atomic E-state index is 5.85. The molecule has 0 fully saturated rings. The van der Waals surface area contributed by atoms with Crippen molar-refractivity contribution in [1.29, 1.82) is 0 Å². The van der Waals surface area contributed by atoms with Gasteiger partial charge in [-0.05, 0) is 23.8 Å². The molecule has 21 heavy (non-hydrogen) atoms. The van der Waals surface area contributed by atoms with Gasteiger partial charge in [0.15, 0.2) is 6.61 Å². The van der Waals surface area contributed by atoms with Crippen LogP contribution in [0.3, 0.4) is 0 Å². The van der Waals surface area contributed by atoms with Crippen LogP contribution in [0.5, 0.6) is 5.75 Å². The first-order valence-electron chi connectivity index (χ1n) is 6.60. The van der Waals surface area contributed by atoms with Crippen LogP contribution in [0.15, 0.2) is 59.8 Å². The molecule has 4 nitrogen and oxygen atoms in total. The topological polar surface area (TPSA) is 56.8 Å². The Morgan fingerprint density at radius 2 is 1.86 bits per heavy atom. The third-order valence-electron chi connectivity index (χ3n) is 2.65. The highest BCUT2D eigenvalue weighted by Gasteiger charge is 1.98. The maximum Gasteiger partial charge on any atom is 0.151 e. The van der Waals surface area contributed by atoms with E-state index in [4.69, 9.17) is 26.9 Å². The van der Waals surface area contributed by atoms with Crippen LogP contribution in [0.25, 0.3) is 0 Å². The number of nitrogens with two attached hydrogens (primary N) is 1. The summed E-state index contributed by atoms with van der Waals surface area (Å²) in [5.74, 6) is 1.14. The molecule has 0 radical (unpaired) electrons. The van der Waals surface area contributed by atoms with Gasteiger partial charge in [0.05, 0.1) is 0 Å². The summed E-state index contributed by atoms with van der Waals surface area (Å²) in [6, 6.07) is 17.1. The van der Waals surface area contributed by atoms with Crippen molar-refractivity contribution in [2.75, 3.05) is 13.2 Å². The highest BCUT2D eigenvalue weighted by atomic mass is 35.5. The van der Waals surface area contributed by atoms with Crippen molar-refractivity contribution in [3.05, 3.63) is 65.2 Å². The van der Waals surface area contributed by atoms with Crippen LogP contribution in [0.1, 0.15) is 5.56 Å². The van der Waals surface area contributed by atoms with Crippen molar-refractivity contribution >= 4 is 17.4 Å². The lowest BCUT2D eigenvalue weighted by Gasteiger charge is -2.06. The van der Waals surface area contributed by atoms with Crippen LogP contribution < -0.4 is 10.5 Å². The van der Waals surface area contributed by atoms with E-state index in [-0.39, 0.29) is 0 Å². The van der Waals surface area contributed by atoms with E-state index in [1.165, 1.54) is 0 Å². The molecule has 0 aliphatic carbocycles. The Kier molecular flexibility index (Phi) is 5.91. The number of benzene rings is 2. The summed E-state index contributed by atoms with van der Waals surface area (Å²) < 4.78 is 5.47. The minimum Gasteiger partial charge on any atom is -0.490 e. The van der Waals surface area contributed by atoms with E-state index in [1.807, 2.05) is 42.5 Å². The van der Waals surface area contributed by atoms with Crippen molar-refractivity contribution < 1.29 is 9.57 Å². The van der Waals surface area contributed by atoms with Gasteiger partial charge in [0.2, 0.25) is 0 Å². The van der Waals surface area contributed by atoms with Crippen molar-refractivity contribution in [3.63, 3.8) is 0 Å². The zero-order chi connectivity index (χ0) is 14.9. The quantitative estimate of drug-likeness (QED) is 0.370. The Hall–Kier alpha value is -2.20. The molecule has 0 spiro atoms. The van der Waals surface area contributed by atoms with Crippen LogP contribution in [-0.2, 0) is 11.3 Å². The van der Waals surface area contributed by atoms with Gasteiger partial charge in [-0.25, -0.2) is 0 Å². The van der Waals surface area contributed by atoms with Crippen molar-refractivity contribution in [2.24, 2.45) is 10.9 Å². The summed E-state index contributed by atoms with van der Waals surface area (Å²) in [7, 11) is 0. The summed E-state index contributed by atoms with van der Waals surface area (Å²) in [6.45, 7) is 0.699. The van der Waals surface area contributed by atoms with Crippen molar-refractivity contribution in [3.8, 4) is 5.75 Å². The van der Waals surface area contributed by atoms with Gasteiger partial charge in [-0.1, -0.05) is 53.2 Å². The monoisotopic (exact) mass is 304 g/mol. The molecule has 0 amide bonds. The van der Waals surface area contributed by atoms with E-state index >= 15 is 0 Å². The zero-order valence-corrected chi connectivity index (χ0v) is 12.3. The fourth-order valence-corrected chi connectivity index (χ4v) is 1.90. The molecule has 2 aromatic carbocycles. The fourth-order valence-electron chi connectivity index (χ4n) is 1.72. The lowest BCUT2D eigenvalue weighted by atomic mass is 10.1. The van der Waals surface area contributed by atoms with E-state index in [2.05, 4.69) is 5.16 Å². The average Bonchev–Trinajstić information content (AvgIpc) is 2.48. The van der Waals surface area contributed by atoms with Gasteiger partial charge in [-0.15, -0.1) is 0 Å². The Bertz CT molecular complexity index is 588. The number of rotatable bonds is 7. The minimum atomic E-state index is 0.321. The largest absolute Gasteiger partial charge is 0.490 e. The van der Waals surface area contributed by atoms with E-state index in [0.717, 1.165) is 5.56 Å². The highest BCUT2D eigenvalue weighted by Crippen LogP contribution is 2.16. The predicted molar refractivity (Wildman–Crippen MR) is 84.7 cm³/mol. The molecule has 0 heterocycles. The van der Waals surface area contributed by atoms with Crippen molar-refractivity contribution in [2.45, 2.75) is 6.42 Å². The van der Waals surface area contributed by atoms with E-state index in [9.17, 15) is 0 Å². The Labute approximate surface area is 129 Å². The van der Waals surface area contributed by atoms with Crippen LogP contribution >= 0.6 is 11.6 Å². The molecule has 0 saturated carbocycles. The average molecular weight is 305 g/mol. The highest BCUT2D eigenvalue weighted by molar-refractivity contribution is 6.30. The van der Waals surface area contributed by atoms with Gasteiger partial charge in [0.25, 0.3) is 0 Å². The molecular weight excluding hydrogens is 288 g/mol. The van der Waals surface area contributed by atoms with E-state index < -0.39 is 0 Å². The lowest BCUT2D eigenvalue weighted by Crippen LogP contribution is -2.16. The molecule has 2 rings (SSSR count). The summed E-state index contributed by atoms with van der Waals surface area (Å²) in [5.41, 5.74) is 6.88. The number of ether oxygens (including phenoxy) is 1. The SMILES string of the molecule is N/C(Cc1ccccc1)=N\OCCOc1cccc(Cl)c1. The third-order valence-corrected chi connectivity index (χ3v) is 2.88. The van der Waals surface area contributed by atoms with Crippen molar-refractivity contribution in [1.82, 2.24) is 0 Å². The van der Waals surface area contributed by atoms with Gasteiger partial charge in [-0.3, -0.25) is 0 Å². The normalized spacial score (nSPS) is 11.2. The molecule has 5 heteroatoms. The summed E-state index contributed by atoms with van der Waals surface area (Å²) in [4.78, 5) is 5.12. The number of halogens is 1. The minimum absolute atomic E-state index is 0.321. The first-order valence-corrected chi connectivity index (χ1v) is 6.98. The molecule has 0 aliphatic heterocycles. The number of hydrogen-bond acceptors (Lipinski definition) is 3. The number of nitrogens with zero attached hydrogens (tertiary/aromatic N) is 1.